The van der Waals surface area contributed by atoms with Crippen LogP contribution in [0.3, 0.4) is 0 Å². The number of carbonyl (C=O) groups excluding carboxylic acids is 3. The lowest BCUT2D eigenvalue weighted by Crippen LogP contribution is -2.46. The van der Waals surface area contributed by atoms with Gasteiger partial charge in [0.15, 0.2) is 0 Å². The number of benzene rings is 1. The van der Waals surface area contributed by atoms with Crippen molar-refractivity contribution in [1.82, 2.24) is 10.2 Å². The molecule has 0 bridgehead atoms. The van der Waals surface area contributed by atoms with Gasteiger partial charge in [-0.25, -0.2) is 0 Å². The van der Waals surface area contributed by atoms with E-state index >= 15 is 0 Å². The third kappa shape index (κ3) is 5.45. The second-order valence-electron chi connectivity index (χ2n) is 7.56. The quantitative estimate of drug-likeness (QED) is 0.665. The molecule has 3 unspecified atom stereocenters. The Morgan fingerprint density at radius 2 is 2.00 bits per heavy atom. The van der Waals surface area contributed by atoms with Crippen molar-refractivity contribution >= 4 is 35.8 Å². The Morgan fingerprint density at radius 3 is 2.68 bits per heavy atom. The average Bonchev–Trinajstić information content (AvgIpc) is 3.42. The van der Waals surface area contributed by atoms with Crippen LogP contribution < -0.4 is 16.4 Å². The molecule has 1 heterocycles. The summed E-state index contributed by atoms with van der Waals surface area (Å²) in [7, 11) is 0. The molecule has 3 atom stereocenters. The number of anilines is 1. The summed E-state index contributed by atoms with van der Waals surface area (Å²) >= 11 is 0. The number of hydrogen-bond acceptors (Lipinski definition) is 4. The highest BCUT2D eigenvalue weighted by Crippen LogP contribution is 2.38. The summed E-state index contributed by atoms with van der Waals surface area (Å²) in [6.07, 6.45) is 2.49. The van der Waals surface area contributed by atoms with Gasteiger partial charge in [-0.3, -0.25) is 14.4 Å². The third-order valence-electron chi connectivity index (χ3n) is 5.35. The number of likely N-dealkylation sites (tertiary alicyclic amines) is 1. The van der Waals surface area contributed by atoms with Crippen LogP contribution in [0, 0.1) is 17.8 Å². The van der Waals surface area contributed by atoms with Gasteiger partial charge in [-0.2, -0.15) is 0 Å². The highest BCUT2D eigenvalue weighted by Gasteiger charge is 2.39. The van der Waals surface area contributed by atoms with E-state index in [1.807, 2.05) is 0 Å². The molecule has 154 valence electrons. The molecule has 0 aromatic heterocycles. The molecule has 1 aromatic carbocycles. The molecular formula is C20H29ClN4O3. The van der Waals surface area contributed by atoms with Crippen LogP contribution in [0.5, 0.6) is 0 Å². The standard InChI is InChI=1S/C20H28N4O3.ClH/c1-13-10-17(13)19(26)23-16-6-2-4-14(11-16)20(27)24-9-3-5-15(12-24)18(25)22-8-7-21;/h2,4,6,11,13,15,17H,3,5,7-10,12,21H2,1H3,(H,22,25)(H,23,26);1H. The van der Waals surface area contributed by atoms with Crippen LogP contribution in [-0.4, -0.2) is 48.8 Å². The molecule has 1 saturated carbocycles. The molecule has 2 fully saturated rings. The van der Waals surface area contributed by atoms with Crippen molar-refractivity contribution < 1.29 is 14.4 Å². The summed E-state index contributed by atoms with van der Waals surface area (Å²) in [4.78, 5) is 38.9. The minimum absolute atomic E-state index is 0. The van der Waals surface area contributed by atoms with Gasteiger partial charge in [0, 0.05) is 43.3 Å². The summed E-state index contributed by atoms with van der Waals surface area (Å²) < 4.78 is 0. The van der Waals surface area contributed by atoms with Crippen LogP contribution in [0.25, 0.3) is 0 Å². The Labute approximate surface area is 171 Å². The number of rotatable bonds is 6. The highest BCUT2D eigenvalue weighted by molar-refractivity contribution is 5.98. The molecule has 1 aliphatic carbocycles. The largest absolute Gasteiger partial charge is 0.355 e. The van der Waals surface area contributed by atoms with Gasteiger partial charge < -0.3 is 21.3 Å². The third-order valence-corrected chi connectivity index (χ3v) is 5.35. The zero-order chi connectivity index (χ0) is 19.4. The van der Waals surface area contributed by atoms with Crippen molar-refractivity contribution in [1.29, 1.82) is 0 Å². The summed E-state index contributed by atoms with van der Waals surface area (Å²) in [6.45, 7) is 3.95. The van der Waals surface area contributed by atoms with Crippen LogP contribution in [0.4, 0.5) is 5.69 Å². The number of nitrogens with zero attached hydrogens (tertiary/aromatic N) is 1. The molecule has 28 heavy (non-hydrogen) atoms. The lowest BCUT2D eigenvalue weighted by atomic mass is 9.96. The van der Waals surface area contributed by atoms with Gasteiger partial charge in [-0.05, 0) is 43.4 Å². The molecule has 3 rings (SSSR count). The maximum atomic E-state index is 12.9. The second-order valence-corrected chi connectivity index (χ2v) is 7.56. The lowest BCUT2D eigenvalue weighted by Gasteiger charge is -2.32. The van der Waals surface area contributed by atoms with Crippen molar-refractivity contribution in [3.8, 4) is 0 Å². The molecule has 2 aliphatic rings. The van der Waals surface area contributed by atoms with Crippen molar-refractivity contribution in [2.75, 3.05) is 31.5 Å². The van der Waals surface area contributed by atoms with Crippen LogP contribution in [0.2, 0.25) is 0 Å². The van der Waals surface area contributed by atoms with Gasteiger partial charge >= 0.3 is 0 Å². The first-order valence-corrected chi connectivity index (χ1v) is 9.67. The van der Waals surface area contributed by atoms with Crippen molar-refractivity contribution in [3.63, 3.8) is 0 Å². The molecule has 1 saturated heterocycles. The maximum absolute atomic E-state index is 12.9. The molecule has 0 spiro atoms. The Bertz CT molecular complexity index is 727. The van der Waals surface area contributed by atoms with Gasteiger partial charge in [0.05, 0.1) is 5.92 Å². The molecule has 8 heteroatoms. The Balaban J connectivity index is 0.00000280. The van der Waals surface area contributed by atoms with Crippen LogP contribution in [0.15, 0.2) is 24.3 Å². The SMILES string of the molecule is CC1CC1C(=O)Nc1cccc(C(=O)N2CCCC(C(=O)NCCN)C2)c1.Cl. The Hall–Kier alpha value is -2.12. The fraction of sp³-hybridized carbons (Fsp3) is 0.550. The number of hydrogen-bond donors (Lipinski definition) is 3. The molecule has 7 nitrogen and oxygen atoms in total. The predicted octanol–water partition coefficient (Wildman–Crippen LogP) is 1.63. The van der Waals surface area contributed by atoms with Gasteiger partial charge in [0.1, 0.15) is 0 Å². The van der Waals surface area contributed by atoms with Crippen LogP contribution in [0.1, 0.15) is 36.5 Å². The van der Waals surface area contributed by atoms with E-state index in [2.05, 4.69) is 17.6 Å². The maximum Gasteiger partial charge on any atom is 0.253 e. The topological polar surface area (TPSA) is 105 Å². The number of carbonyl (C=O) groups is 3. The van der Waals surface area contributed by atoms with E-state index in [9.17, 15) is 14.4 Å². The predicted molar refractivity (Wildman–Crippen MR) is 110 cm³/mol. The number of piperidine rings is 1. The van der Waals surface area contributed by atoms with Gasteiger partial charge in [0.2, 0.25) is 11.8 Å². The first-order chi connectivity index (χ1) is 13.0. The lowest BCUT2D eigenvalue weighted by molar-refractivity contribution is -0.126. The average molecular weight is 409 g/mol. The fourth-order valence-electron chi connectivity index (χ4n) is 3.55. The minimum atomic E-state index is -0.200. The monoisotopic (exact) mass is 408 g/mol. The number of amides is 3. The van der Waals surface area contributed by atoms with E-state index in [1.165, 1.54) is 0 Å². The second kappa shape index (κ2) is 9.89. The molecule has 0 radical (unpaired) electrons. The molecule has 4 N–H and O–H groups in total. The van der Waals surface area contributed by atoms with Crippen LogP contribution >= 0.6 is 12.4 Å². The smallest absolute Gasteiger partial charge is 0.253 e. The summed E-state index contributed by atoms with van der Waals surface area (Å²) in [5.41, 5.74) is 6.59. The number of halogens is 1. The summed E-state index contributed by atoms with van der Waals surface area (Å²) in [5, 5.41) is 5.70. The van der Waals surface area contributed by atoms with E-state index in [4.69, 9.17) is 5.73 Å². The van der Waals surface area contributed by atoms with Crippen molar-refractivity contribution in [2.24, 2.45) is 23.5 Å². The zero-order valence-electron chi connectivity index (χ0n) is 16.1. The van der Waals surface area contributed by atoms with Crippen molar-refractivity contribution in [2.45, 2.75) is 26.2 Å². The normalized spacial score (nSPS) is 23.4. The van der Waals surface area contributed by atoms with E-state index in [-0.39, 0.29) is 42.0 Å². The molecule has 3 amide bonds. The van der Waals surface area contributed by atoms with E-state index < -0.39 is 0 Å². The zero-order valence-corrected chi connectivity index (χ0v) is 17.0. The molecule has 1 aliphatic heterocycles. The van der Waals surface area contributed by atoms with Crippen LogP contribution in [-0.2, 0) is 9.59 Å². The van der Waals surface area contributed by atoms with Gasteiger partial charge in [0.25, 0.3) is 5.91 Å². The highest BCUT2D eigenvalue weighted by atomic mass is 35.5. The number of nitrogens with one attached hydrogen (secondary N) is 2. The van der Waals surface area contributed by atoms with Crippen molar-refractivity contribution in [3.05, 3.63) is 29.8 Å². The Morgan fingerprint density at radius 1 is 1.25 bits per heavy atom. The van der Waals surface area contributed by atoms with E-state index in [0.717, 1.165) is 19.3 Å². The first kappa shape index (κ1) is 22.2. The molecular weight excluding hydrogens is 380 g/mol. The van der Waals surface area contributed by atoms with Gasteiger partial charge in [-0.1, -0.05) is 13.0 Å². The number of nitrogens with two attached hydrogens (primary N) is 1. The fourth-order valence-corrected chi connectivity index (χ4v) is 3.55. The van der Waals surface area contributed by atoms with Gasteiger partial charge in [-0.15, -0.1) is 12.4 Å². The summed E-state index contributed by atoms with van der Waals surface area (Å²) in [6, 6.07) is 7.02. The summed E-state index contributed by atoms with van der Waals surface area (Å²) in [5.74, 6) is 0.180. The molecule has 1 aromatic rings. The minimum Gasteiger partial charge on any atom is -0.355 e. The van der Waals surface area contributed by atoms with E-state index in [1.54, 1.807) is 29.2 Å². The Kier molecular flexibility index (Phi) is 7.83. The first-order valence-electron chi connectivity index (χ1n) is 9.67. The van der Waals surface area contributed by atoms with E-state index in [0.29, 0.717) is 43.3 Å².